The number of carbonyl (C=O) groups excluding carboxylic acids is 1. The van der Waals surface area contributed by atoms with Crippen LogP contribution in [-0.4, -0.2) is 45.4 Å². The van der Waals surface area contributed by atoms with Crippen molar-refractivity contribution >= 4 is 29.2 Å². The fraction of sp³-hybridized carbons (Fsp3) is 0.242. The van der Waals surface area contributed by atoms with E-state index in [4.69, 9.17) is 11.5 Å². The number of hydrogen-bond acceptors (Lipinski definition) is 8. The van der Waals surface area contributed by atoms with Crippen molar-refractivity contribution in [3.63, 3.8) is 0 Å². The lowest BCUT2D eigenvalue weighted by molar-refractivity contribution is 0.102. The van der Waals surface area contributed by atoms with Crippen LogP contribution in [0.2, 0.25) is 0 Å². The number of pyridine rings is 1. The van der Waals surface area contributed by atoms with Crippen molar-refractivity contribution in [2.24, 2.45) is 10.7 Å². The highest BCUT2D eigenvalue weighted by Gasteiger charge is 2.21. The van der Waals surface area contributed by atoms with Gasteiger partial charge >= 0.3 is 5.69 Å². The topological polar surface area (TPSA) is 162 Å². The van der Waals surface area contributed by atoms with Crippen LogP contribution in [0.5, 0.6) is 0 Å². The second-order valence-electron chi connectivity index (χ2n) is 11.1. The van der Waals surface area contributed by atoms with Crippen LogP contribution in [0, 0.1) is 11.6 Å². The first-order valence-electron chi connectivity index (χ1n) is 14.7. The summed E-state index contributed by atoms with van der Waals surface area (Å²) in [6.45, 7) is 5.20. The molecule has 1 amide bonds. The molecule has 6 N–H and O–H groups in total. The zero-order valence-corrected chi connectivity index (χ0v) is 25.3. The van der Waals surface area contributed by atoms with Gasteiger partial charge in [-0.2, -0.15) is 0 Å². The molecule has 0 aliphatic carbocycles. The van der Waals surface area contributed by atoms with Crippen LogP contribution in [0.3, 0.4) is 0 Å². The highest BCUT2D eigenvalue weighted by Crippen LogP contribution is 2.31. The number of aromatic nitrogens is 3. The maximum absolute atomic E-state index is 15.5. The Balaban J connectivity index is 1.43. The van der Waals surface area contributed by atoms with Crippen LogP contribution in [0.25, 0.3) is 22.4 Å². The van der Waals surface area contributed by atoms with Gasteiger partial charge in [-0.05, 0) is 88.3 Å². The molecule has 1 fully saturated rings. The minimum atomic E-state index is -0.911. The van der Waals surface area contributed by atoms with E-state index in [-0.39, 0.29) is 34.4 Å². The first-order chi connectivity index (χ1) is 22.1. The van der Waals surface area contributed by atoms with E-state index >= 15 is 4.39 Å². The fourth-order valence-corrected chi connectivity index (χ4v) is 5.13. The van der Waals surface area contributed by atoms with Gasteiger partial charge in [0.25, 0.3) is 11.5 Å². The van der Waals surface area contributed by atoms with Gasteiger partial charge in [0.2, 0.25) is 0 Å². The third-order valence-electron chi connectivity index (χ3n) is 7.68. The smallest absolute Gasteiger partial charge is 0.335 e. The zero-order valence-electron chi connectivity index (χ0n) is 25.3. The Morgan fingerprint density at radius 1 is 1.09 bits per heavy atom. The summed E-state index contributed by atoms with van der Waals surface area (Å²) >= 11 is 0. The molecule has 2 aromatic heterocycles. The molecular weight excluding hydrogens is 594 g/mol. The van der Waals surface area contributed by atoms with Gasteiger partial charge in [0.05, 0.1) is 11.7 Å². The van der Waals surface area contributed by atoms with Crippen LogP contribution < -0.4 is 33.3 Å². The van der Waals surface area contributed by atoms with Crippen molar-refractivity contribution in [1.82, 2.24) is 19.4 Å². The third-order valence-corrected chi connectivity index (χ3v) is 7.68. The van der Waals surface area contributed by atoms with Gasteiger partial charge in [0.15, 0.2) is 0 Å². The molecular formula is C33H34F2N8O3. The molecule has 238 valence electrons. The van der Waals surface area contributed by atoms with Gasteiger partial charge in [-0.3, -0.25) is 19.1 Å². The van der Waals surface area contributed by atoms with Crippen LogP contribution in [0.4, 0.5) is 20.3 Å². The molecule has 1 aliphatic heterocycles. The number of amides is 1. The number of nitrogens with zero attached hydrogens (tertiary/aromatic N) is 4. The molecule has 0 unspecified atom stereocenters. The molecule has 3 heterocycles. The SMILES string of the molecule is CC(C)n1cc(C(=O)Nc2ccc(-c3cc(C(C=NC4CCNCC4)=CN)cnc3N)c(F)c2)c(=O)n(-c2ccc(F)cc2)c1=O. The summed E-state index contributed by atoms with van der Waals surface area (Å²) in [5, 5.41) is 5.83. The molecule has 11 nitrogen and oxygen atoms in total. The Hall–Kier alpha value is -5.43. The summed E-state index contributed by atoms with van der Waals surface area (Å²) < 4.78 is 31.1. The molecule has 1 aliphatic rings. The predicted molar refractivity (Wildman–Crippen MR) is 175 cm³/mol. The predicted octanol–water partition coefficient (Wildman–Crippen LogP) is 3.88. The maximum Gasteiger partial charge on any atom is 0.335 e. The number of benzene rings is 2. The van der Waals surface area contributed by atoms with Gasteiger partial charge in [-0.25, -0.2) is 23.1 Å². The summed E-state index contributed by atoms with van der Waals surface area (Å²) in [6, 6.07) is 10.1. The summed E-state index contributed by atoms with van der Waals surface area (Å²) in [4.78, 5) is 48.7. The first kappa shape index (κ1) is 32.0. The normalized spacial score (nSPS) is 14.2. The van der Waals surface area contributed by atoms with Gasteiger partial charge < -0.3 is 22.1 Å². The number of nitrogen functional groups attached to an aromatic ring is 1. The van der Waals surface area contributed by atoms with Crippen molar-refractivity contribution in [2.45, 2.75) is 38.8 Å². The minimum Gasteiger partial charge on any atom is -0.404 e. The highest BCUT2D eigenvalue weighted by atomic mass is 19.1. The fourth-order valence-electron chi connectivity index (χ4n) is 5.13. The van der Waals surface area contributed by atoms with Gasteiger partial charge in [0.1, 0.15) is 23.0 Å². The molecule has 46 heavy (non-hydrogen) atoms. The number of allylic oxidation sites excluding steroid dienone is 1. The zero-order chi connectivity index (χ0) is 33.0. The Morgan fingerprint density at radius 3 is 2.46 bits per heavy atom. The third kappa shape index (κ3) is 6.79. The summed E-state index contributed by atoms with van der Waals surface area (Å²) in [5.41, 5.74) is 11.8. The molecule has 0 bridgehead atoms. The van der Waals surface area contributed by atoms with E-state index in [0.717, 1.165) is 54.9 Å². The molecule has 2 aromatic carbocycles. The first-order valence-corrected chi connectivity index (χ1v) is 14.7. The number of rotatable bonds is 8. The number of aliphatic imine (C=N–C) groups is 1. The van der Waals surface area contributed by atoms with E-state index < -0.39 is 34.8 Å². The molecule has 0 spiro atoms. The molecule has 1 saturated heterocycles. The number of carbonyl (C=O) groups is 1. The van der Waals surface area contributed by atoms with Gasteiger partial charge in [0, 0.05) is 58.8 Å². The Morgan fingerprint density at radius 2 is 1.80 bits per heavy atom. The Labute approximate surface area is 263 Å². The summed E-state index contributed by atoms with van der Waals surface area (Å²) in [5.74, 6) is -2.04. The van der Waals surface area contributed by atoms with Crippen molar-refractivity contribution in [1.29, 1.82) is 0 Å². The summed E-state index contributed by atoms with van der Waals surface area (Å²) in [7, 11) is 0. The van der Waals surface area contributed by atoms with Crippen molar-refractivity contribution in [3.8, 4) is 16.8 Å². The monoisotopic (exact) mass is 628 g/mol. The lowest BCUT2D eigenvalue weighted by Crippen LogP contribution is -2.42. The maximum atomic E-state index is 15.5. The molecule has 0 saturated carbocycles. The summed E-state index contributed by atoms with van der Waals surface area (Å²) in [6.07, 6.45) is 7.62. The Kier molecular flexibility index (Phi) is 9.52. The number of halogens is 2. The quantitative estimate of drug-likeness (QED) is 0.215. The number of nitrogens with two attached hydrogens (primary N) is 2. The molecule has 4 aromatic rings. The lowest BCUT2D eigenvalue weighted by atomic mass is 10.0. The molecule has 0 atom stereocenters. The second-order valence-corrected chi connectivity index (χ2v) is 11.1. The van der Waals surface area contributed by atoms with E-state index in [1.54, 1.807) is 26.1 Å². The van der Waals surface area contributed by atoms with Crippen molar-refractivity contribution in [3.05, 3.63) is 111 Å². The number of anilines is 2. The second kappa shape index (κ2) is 13.7. The molecule has 13 heteroatoms. The van der Waals surface area contributed by atoms with E-state index in [9.17, 15) is 18.8 Å². The average molecular weight is 629 g/mol. The van der Waals surface area contributed by atoms with Crippen molar-refractivity contribution in [2.75, 3.05) is 24.1 Å². The average Bonchev–Trinajstić information content (AvgIpc) is 3.03. The van der Waals surface area contributed by atoms with E-state index in [0.29, 0.717) is 16.7 Å². The number of hydrogen-bond donors (Lipinski definition) is 4. The lowest BCUT2D eigenvalue weighted by Gasteiger charge is -2.18. The highest BCUT2D eigenvalue weighted by molar-refractivity contribution is 6.10. The molecule has 0 radical (unpaired) electrons. The van der Waals surface area contributed by atoms with Crippen LogP contribution in [0.1, 0.15) is 48.7 Å². The number of nitrogens with one attached hydrogen (secondary N) is 2. The van der Waals surface area contributed by atoms with Crippen LogP contribution >= 0.6 is 0 Å². The standard InChI is InChI=1S/C33H34F2N8O3/c1-19(2)42-18-28(32(45)43(33(42)46)25-6-3-22(34)4-7-25)31(44)41-24-5-8-26(29(35)14-24)27-13-20(16-40-30(27)37)21(15-36)17-39-23-9-11-38-12-10-23/h3-8,13-19,23,38H,9-12,36H2,1-2H3,(H2,37,40)(H,41,44). The van der Waals surface area contributed by atoms with E-state index in [2.05, 4.69) is 20.6 Å². The number of piperidine rings is 1. The minimum absolute atomic E-state index is 0.0561. The van der Waals surface area contributed by atoms with E-state index in [1.807, 2.05) is 0 Å². The van der Waals surface area contributed by atoms with Crippen LogP contribution in [-0.2, 0) is 0 Å². The van der Waals surface area contributed by atoms with Crippen molar-refractivity contribution < 1.29 is 13.6 Å². The molecule has 5 rings (SSSR count). The largest absolute Gasteiger partial charge is 0.404 e. The Bertz CT molecular complexity index is 1940. The van der Waals surface area contributed by atoms with E-state index in [1.165, 1.54) is 41.2 Å². The van der Waals surface area contributed by atoms with Crippen LogP contribution in [0.15, 0.2) is 81.7 Å². The van der Waals surface area contributed by atoms with Gasteiger partial charge in [-0.1, -0.05) is 0 Å². The van der Waals surface area contributed by atoms with Gasteiger partial charge in [-0.15, -0.1) is 0 Å².